The summed E-state index contributed by atoms with van der Waals surface area (Å²) in [6.45, 7) is 14.2. The van der Waals surface area contributed by atoms with Crippen molar-refractivity contribution in [2.75, 3.05) is 30.9 Å². The monoisotopic (exact) mass is 554 g/mol. The number of nitrogens with one attached hydrogen (secondary N) is 2. The van der Waals surface area contributed by atoms with Crippen molar-refractivity contribution in [2.45, 2.75) is 51.2 Å². The minimum Gasteiger partial charge on any atom is -0.480 e. The van der Waals surface area contributed by atoms with Crippen LogP contribution in [0.5, 0.6) is 5.88 Å². The van der Waals surface area contributed by atoms with Crippen LogP contribution in [0.1, 0.15) is 38.8 Å². The van der Waals surface area contributed by atoms with Crippen molar-refractivity contribution >= 4 is 37.2 Å². The van der Waals surface area contributed by atoms with Gasteiger partial charge in [-0.05, 0) is 41.9 Å². The zero-order valence-corrected chi connectivity index (χ0v) is 24.4. The van der Waals surface area contributed by atoms with E-state index < -0.39 is 19.5 Å². The smallest absolute Gasteiger partial charge is 0.237 e. The molecule has 1 atom stereocenters. The fraction of sp³-hybridized carbons (Fsp3) is 0.407. The van der Waals surface area contributed by atoms with E-state index in [2.05, 4.69) is 72.4 Å². The minimum absolute atomic E-state index is 0.0621. The summed E-state index contributed by atoms with van der Waals surface area (Å²) in [5.41, 5.74) is 2.64. The predicted octanol–water partition coefficient (Wildman–Crippen LogP) is 6.66. The van der Waals surface area contributed by atoms with Gasteiger partial charge in [-0.25, -0.2) is 19.3 Å². The largest absolute Gasteiger partial charge is 0.480 e. The Bertz CT molecular complexity index is 1420. The average Bonchev–Trinajstić information content (AvgIpc) is 3.20. The normalized spacial score (nSPS) is 16.9. The van der Waals surface area contributed by atoms with E-state index in [1.807, 2.05) is 6.07 Å². The SMILES string of the molecule is COc1ncc(Cl)cc1Nc1ncc(F)c(-c2cc(C#N)c3c(c2)[C@@](C)(CO[Si](C)(C)C(C)(C)C)CN3)n1. The van der Waals surface area contributed by atoms with Crippen molar-refractivity contribution in [3.63, 3.8) is 0 Å². The molecule has 0 saturated carbocycles. The topological polar surface area (TPSA) is 105 Å². The number of methoxy groups -OCH3 is 1. The molecule has 0 aliphatic carbocycles. The first-order valence-corrected chi connectivity index (χ1v) is 15.5. The molecule has 11 heteroatoms. The van der Waals surface area contributed by atoms with E-state index in [0.29, 0.717) is 35.0 Å². The number of aromatic nitrogens is 3. The number of rotatable bonds is 7. The van der Waals surface area contributed by atoms with E-state index in [1.165, 1.54) is 13.3 Å². The Morgan fingerprint density at radius 1 is 1.24 bits per heavy atom. The third-order valence-electron chi connectivity index (χ3n) is 7.40. The van der Waals surface area contributed by atoms with Crippen LogP contribution in [-0.2, 0) is 9.84 Å². The lowest BCUT2D eigenvalue weighted by Gasteiger charge is -2.39. The molecule has 8 nitrogen and oxygen atoms in total. The molecule has 2 aromatic heterocycles. The Morgan fingerprint density at radius 2 is 1.97 bits per heavy atom. The summed E-state index contributed by atoms with van der Waals surface area (Å²) in [6, 6.07) is 7.40. The standard InChI is InChI=1S/C27H32ClFN6O2Si/c1-26(2,3)38(6,7)37-15-27(4)14-33-22-17(11-30)8-16(9-19(22)27)23-20(29)13-32-25(35-23)34-21-10-18(28)12-31-24(21)36-5/h8-10,12-13,33H,14-15H2,1-7H3,(H,32,34,35)/t27-/m1/s1. The van der Waals surface area contributed by atoms with Crippen LogP contribution >= 0.6 is 11.6 Å². The molecule has 38 heavy (non-hydrogen) atoms. The van der Waals surface area contributed by atoms with Gasteiger partial charge in [0.1, 0.15) is 17.5 Å². The van der Waals surface area contributed by atoms with Gasteiger partial charge < -0.3 is 19.8 Å². The first-order valence-electron chi connectivity index (χ1n) is 12.2. The van der Waals surface area contributed by atoms with E-state index in [4.69, 9.17) is 20.8 Å². The second-order valence-electron chi connectivity index (χ2n) is 11.2. The molecule has 0 bridgehead atoms. The van der Waals surface area contributed by atoms with Crippen LogP contribution in [0.3, 0.4) is 0 Å². The molecule has 0 unspecified atom stereocenters. The van der Waals surface area contributed by atoms with E-state index in [-0.39, 0.29) is 22.6 Å². The maximum atomic E-state index is 15.1. The van der Waals surface area contributed by atoms with Crippen molar-refractivity contribution in [1.82, 2.24) is 15.0 Å². The molecule has 0 radical (unpaired) electrons. The summed E-state index contributed by atoms with van der Waals surface area (Å²) < 4.78 is 26.9. The molecule has 200 valence electrons. The van der Waals surface area contributed by atoms with Crippen LogP contribution in [0.15, 0.2) is 30.6 Å². The quantitative estimate of drug-likeness (QED) is 0.312. The van der Waals surface area contributed by atoms with Crippen molar-refractivity contribution in [3.05, 3.63) is 52.6 Å². The minimum atomic E-state index is -2.01. The van der Waals surface area contributed by atoms with Crippen LogP contribution < -0.4 is 15.4 Å². The fourth-order valence-electron chi connectivity index (χ4n) is 4.03. The maximum Gasteiger partial charge on any atom is 0.237 e. The highest BCUT2D eigenvalue weighted by atomic mass is 35.5. The number of benzene rings is 1. The first-order chi connectivity index (χ1) is 17.8. The van der Waals surface area contributed by atoms with Gasteiger partial charge in [0, 0.05) is 30.3 Å². The van der Waals surface area contributed by atoms with Crippen molar-refractivity contribution in [2.24, 2.45) is 0 Å². The average molecular weight is 555 g/mol. The van der Waals surface area contributed by atoms with Gasteiger partial charge in [-0.15, -0.1) is 0 Å². The lowest BCUT2D eigenvalue weighted by molar-refractivity contribution is 0.220. The predicted molar refractivity (Wildman–Crippen MR) is 150 cm³/mol. The lowest BCUT2D eigenvalue weighted by Crippen LogP contribution is -2.45. The Kier molecular flexibility index (Phi) is 7.40. The third-order valence-corrected chi connectivity index (χ3v) is 12.1. The van der Waals surface area contributed by atoms with E-state index in [9.17, 15) is 5.26 Å². The number of ether oxygens (including phenoxy) is 1. The number of nitriles is 1. The van der Waals surface area contributed by atoms with Crippen molar-refractivity contribution < 1.29 is 13.6 Å². The number of hydrogen-bond acceptors (Lipinski definition) is 8. The summed E-state index contributed by atoms with van der Waals surface area (Å²) in [6.07, 6.45) is 2.54. The molecule has 0 fully saturated rings. The fourth-order valence-corrected chi connectivity index (χ4v) is 5.30. The van der Waals surface area contributed by atoms with Crippen LogP contribution in [0, 0.1) is 17.1 Å². The highest BCUT2D eigenvalue weighted by Crippen LogP contribution is 2.44. The molecule has 0 spiro atoms. The molecule has 3 heterocycles. The zero-order chi connectivity index (χ0) is 27.9. The second-order valence-corrected chi connectivity index (χ2v) is 16.5. The van der Waals surface area contributed by atoms with Crippen molar-refractivity contribution in [1.29, 1.82) is 5.26 Å². The van der Waals surface area contributed by atoms with Crippen LogP contribution in [0.4, 0.5) is 21.7 Å². The van der Waals surface area contributed by atoms with Gasteiger partial charge in [0.25, 0.3) is 0 Å². The molecule has 4 rings (SSSR count). The van der Waals surface area contributed by atoms with Gasteiger partial charge in [0.2, 0.25) is 11.8 Å². The van der Waals surface area contributed by atoms with E-state index >= 15 is 4.39 Å². The summed E-state index contributed by atoms with van der Waals surface area (Å²) in [4.78, 5) is 12.6. The second kappa shape index (κ2) is 10.1. The molecule has 0 amide bonds. The number of hydrogen-bond donors (Lipinski definition) is 2. The van der Waals surface area contributed by atoms with Gasteiger partial charge >= 0.3 is 0 Å². The van der Waals surface area contributed by atoms with Crippen molar-refractivity contribution in [3.8, 4) is 23.2 Å². The molecular formula is C27H32ClFN6O2Si. The zero-order valence-electron chi connectivity index (χ0n) is 22.7. The third kappa shape index (κ3) is 5.32. The van der Waals surface area contributed by atoms with Crippen LogP contribution in [0.2, 0.25) is 23.2 Å². The van der Waals surface area contributed by atoms with Crippen LogP contribution in [0.25, 0.3) is 11.3 Å². The number of anilines is 3. The van der Waals surface area contributed by atoms with E-state index in [0.717, 1.165) is 17.4 Å². The Morgan fingerprint density at radius 3 is 2.63 bits per heavy atom. The Labute approximate surface area is 228 Å². The van der Waals surface area contributed by atoms with Gasteiger partial charge in [-0.1, -0.05) is 39.3 Å². The van der Waals surface area contributed by atoms with Crippen LogP contribution in [-0.4, -0.2) is 43.5 Å². The first kappa shape index (κ1) is 27.8. The van der Waals surface area contributed by atoms with Gasteiger partial charge in [-0.2, -0.15) is 5.26 Å². The molecule has 2 N–H and O–H groups in total. The van der Waals surface area contributed by atoms with E-state index in [1.54, 1.807) is 12.1 Å². The highest BCUT2D eigenvalue weighted by molar-refractivity contribution is 6.74. The highest BCUT2D eigenvalue weighted by Gasteiger charge is 2.42. The summed E-state index contributed by atoms with van der Waals surface area (Å²) in [7, 11) is -0.534. The molecule has 1 aromatic carbocycles. The number of nitrogens with zero attached hydrogens (tertiary/aromatic N) is 4. The molecular weight excluding hydrogens is 523 g/mol. The number of pyridine rings is 1. The molecule has 3 aromatic rings. The number of fused-ring (bicyclic) bond motifs is 1. The lowest BCUT2D eigenvalue weighted by atomic mass is 9.83. The summed E-state index contributed by atoms with van der Waals surface area (Å²) in [5.74, 6) is -0.192. The number of halogens is 2. The Balaban J connectivity index is 1.73. The van der Waals surface area contributed by atoms with Gasteiger partial charge in [0.05, 0.1) is 29.6 Å². The summed E-state index contributed by atoms with van der Waals surface area (Å²) >= 11 is 6.08. The van der Waals surface area contributed by atoms with Gasteiger partial charge in [-0.3, -0.25) is 0 Å². The maximum absolute atomic E-state index is 15.1. The molecule has 0 saturated heterocycles. The molecule has 1 aliphatic rings. The van der Waals surface area contributed by atoms with Gasteiger partial charge in [0.15, 0.2) is 14.1 Å². The Hall–Kier alpha value is -3.26. The summed E-state index contributed by atoms with van der Waals surface area (Å²) in [5, 5.41) is 16.8. The molecule has 1 aliphatic heterocycles.